The number of aromatic nitrogens is 4. The van der Waals surface area contributed by atoms with E-state index in [-0.39, 0.29) is 5.25 Å². The average molecular weight is 396 g/mol. The Morgan fingerprint density at radius 1 is 0.963 bits per heavy atom. The van der Waals surface area contributed by atoms with Gasteiger partial charge < -0.3 is 8.94 Å². The Bertz CT molecular complexity index is 989. The zero-order chi connectivity index (χ0) is 18.5. The van der Waals surface area contributed by atoms with Gasteiger partial charge in [0.25, 0.3) is 5.22 Å². The van der Waals surface area contributed by atoms with Crippen LogP contribution in [0.15, 0.2) is 74.8 Å². The number of hydrogen-bond donors (Lipinski definition) is 0. The smallest absolute Gasteiger partial charge is 0.277 e. The number of nitrogens with zero attached hydrogens (tertiary/aromatic N) is 4. The fourth-order valence-corrected chi connectivity index (χ4v) is 3.79. The van der Waals surface area contributed by atoms with Crippen LogP contribution in [0.5, 0.6) is 0 Å². The minimum Gasteiger partial charge on any atom is -0.415 e. The van der Waals surface area contributed by atoms with E-state index >= 15 is 0 Å². The van der Waals surface area contributed by atoms with E-state index in [0.717, 1.165) is 11.1 Å². The van der Waals surface area contributed by atoms with Crippen LogP contribution in [0.1, 0.15) is 22.6 Å². The molecule has 0 aliphatic carbocycles. The minimum atomic E-state index is -0.237. The molecule has 0 aliphatic heterocycles. The summed E-state index contributed by atoms with van der Waals surface area (Å²) in [6.07, 6.45) is 1.99. The van der Waals surface area contributed by atoms with Crippen LogP contribution in [0.4, 0.5) is 0 Å². The molecule has 136 valence electrons. The summed E-state index contributed by atoms with van der Waals surface area (Å²) in [7, 11) is 0. The summed E-state index contributed by atoms with van der Waals surface area (Å²) in [4.78, 5) is 4.60. The molecule has 2 heterocycles. The summed E-state index contributed by atoms with van der Waals surface area (Å²) < 4.78 is 11.3. The average Bonchev–Trinajstić information content (AvgIpc) is 3.37. The van der Waals surface area contributed by atoms with Crippen molar-refractivity contribution >= 4 is 23.5 Å². The summed E-state index contributed by atoms with van der Waals surface area (Å²) in [5.74, 6) is 2.34. The molecule has 27 heavy (non-hydrogen) atoms. The number of rotatable bonds is 7. The Morgan fingerprint density at radius 2 is 1.70 bits per heavy atom. The summed E-state index contributed by atoms with van der Waals surface area (Å²) in [5.41, 5.74) is 1.93. The Hall–Kier alpha value is -2.58. The molecule has 0 radical (unpaired) electrons. The first-order valence-corrected chi connectivity index (χ1v) is 10.5. The molecular weight excluding hydrogens is 380 g/mol. The molecule has 0 N–H and O–H groups in total. The summed E-state index contributed by atoms with van der Waals surface area (Å²) >= 11 is 3.04. The summed E-state index contributed by atoms with van der Waals surface area (Å²) in [6.45, 7) is 0. The largest absolute Gasteiger partial charge is 0.415 e. The van der Waals surface area contributed by atoms with Crippen molar-refractivity contribution in [3.8, 4) is 11.4 Å². The normalized spacial score (nSPS) is 12.2. The molecule has 4 aromatic rings. The molecule has 1 atom stereocenters. The highest BCUT2D eigenvalue weighted by atomic mass is 32.2. The second-order valence-electron chi connectivity index (χ2n) is 5.63. The van der Waals surface area contributed by atoms with E-state index in [1.54, 1.807) is 11.8 Å². The van der Waals surface area contributed by atoms with Gasteiger partial charge in [-0.15, -0.1) is 10.2 Å². The topological polar surface area (TPSA) is 77.8 Å². The molecule has 6 nitrogen and oxygen atoms in total. The number of hydrogen-bond acceptors (Lipinski definition) is 8. The van der Waals surface area contributed by atoms with Crippen molar-refractivity contribution in [2.45, 2.75) is 16.2 Å². The molecule has 0 spiro atoms. The maximum Gasteiger partial charge on any atom is 0.277 e. The summed E-state index contributed by atoms with van der Waals surface area (Å²) in [6, 6.07) is 19.7. The van der Waals surface area contributed by atoms with Gasteiger partial charge in [0, 0.05) is 5.56 Å². The van der Waals surface area contributed by atoms with Crippen LogP contribution in [0.3, 0.4) is 0 Å². The third-order valence-electron chi connectivity index (χ3n) is 3.74. The molecule has 0 saturated carbocycles. The number of benzene rings is 2. The van der Waals surface area contributed by atoms with Gasteiger partial charge in [-0.25, -0.2) is 0 Å². The van der Waals surface area contributed by atoms with Gasteiger partial charge >= 0.3 is 0 Å². The molecule has 2 aromatic heterocycles. The molecule has 0 aliphatic rings. The second-order valence-corrected chi connectivity index (χ2v) is 7.55. The van der Waals surface area contributed by atoms with Crippen molar-refractivity contribution in [1.82, 2.24) is 20.3 Å². The second kappa shape index (κ2) is 8.41. The van der Waals surface area contributed by atoms with Gasteiger partial charge in [-0.05, 0) is 23.6 Å². The molecule has 0 fully saturated rings. The van der Waals surface area contributed by atoms with Crippen LogP contribution in [0, 0.1) is 0 Å². The highest BCUT2D eigenvalue weighted by Crippen LogP contribution is 2.39. The van der Waals surface area contributed by atoms with Crippen molar-refractivity contribution in [3.05, 3.63) is 78.0 Å². The van der Waals surface area contributed by atoms with Crippen LogP contribution in [-0.4, -0.2) is 26.6 Å². The minimum absolute atomic E-state index is 0.237. The quantitative estimate of drug-likeness (QED) is 0.410. The van der Waals surface area contributed by atoms with Gasteiger partial charge in [0.05, 0.1) is 5.75 Å². The third-order valence-corrected chi connectivity index (χ3v) is 5.35. The Morgan fingerprint density at radius 3 is 2.44 bits per heavy atom. The van der Waals surface area contributed by atoms with Crippen molar-refractivity contribution in [2.75, 3.05) is 6.26 Å². The fraction of sp³-hybridized carbons (Fsp3) is 0.158. The predicted molar refractivity (Wildman–Crippen MR) is 105 cm³/mol. The van der Waals surface area contributed by atoms with Gasteiger partial charge in [-0.2, -0.15) is 16.7 Å². The fourth-order valence-electron chi connectivity index (χ4n) is 2.50. The molecule has 0 saturated heterocycles. The Balaban J connectivity index is 1.65. The van der Waals surface area contributed by atoms with Crippen LogP contribution >= 0.6 is 23.5 Å². The first kappa shape index (κ1) is 17.8. The highest BCUT2D eigenvalue weighted by molar-refractivity contribution is 7.99. The Labute approximate surface area is 164 Å². The standard InChI is InChI=1S/C19H16N4O2S2/c1-26-12-15-21-22-19(24-15)27-16(13-8-4-2-5-9-13)18-20-17(23-25-18)14-10-6-3-7-11-14/h2-11,16H,12H2,1H3/t16-/m0/s1. The van der Waals surface area contributed by atoms with Crippen molar-refractivity contribution in [2.24, 2.45) is 0 Å². The van der Waals surface area contributed by atoms with Gasteiger partial charge in [-0.1, -0.05) is 65.8 Å². The predicted octanol–water partition coefficient (Wildman–Crippen LogP) is 4.86. The molecular formula is C19H16N4O2S2. The first-order valence-electron chi connectivity index (χ1n) is 8.25. The monoisotopic (exact) mass is 396 g/mol. The van der Waals surface area contributed by atoms with Crippen molar-refractivity contribution < 1.29 is 8.94 Å². The van der Waals surface area contributed by atoms with Crippen LogP contribution < -0.4 is 0 Å². The first-order chi connectivity index (χ1) is 13.3. The van der Waals surface area contributed by atoms with Crippen molar-refractivity contribution in [3.63, 3.8) is 0 Å². The van der Waals surface area contributed by atoms with E-state index in [1.807, 2.05) is 66.9 Å². The lowest BCUT2D eigenvalue weighted by atomic mass is 10.1. The van der Waals surface area contributed by atoms with Crippen LogP contribution in [0.2, 0.25) is 0 Å². The molecule has 0 unspecified atom stereocenters. The lowest BCUT2D eigenvalue weighted by Crippen LogP contribution is -1.97. The van der Waals surface area contributed by atoms with Crippen molar-refractivity contribution in [1.29, 1.82) is 0 Å². The van der Waals surface area contributed by atoms with E-state index in [2.05, 4.69) is 20.3 Å². The SMILES string of the molecule is CSCc1nnc(S[C@@H](c2ccccc2)c2nc(-c3ccccc3)no2)o1. The van der Waals surface area contributed by atoms with E-state index < -0.39 is 0 Å². The van der Waals surface area contributed by atoms with Crippen LogP contribution in [-0.2, 0) is 5.75 Å². The van der Waals surface area contributed by atoms with Crippen LogP contribution in [0.25, 0.3) is 11.4 Å². The van der Waals surface area contributed by atoms with Gasteiger partial charge in [-0.3, -0.25) is 0 Å². The number of thioether (sulfide) groups is 2. The van der Waals surface area contributed by atoms with Gasteiger partial charge in [0.2, 0.25) is 17.6 Å². The Kier molecular flexibility index (Phi) is 5.55. The van der Waals surface area contributed by atoms with E-state index in [0.29, 0.717) is 28.6 Å². The lowest BCUT2D eigenvalue weighted by molar-refractivity contribution is 0.382. The molecule has 4 rings (SSSR count). The summed E-state index contributed by atoms with van der Waals surface area (Å²) in [5, 5.41) is 12.6. The zero-order valence-electron chi connectivity index (χ0n) is 14.5. The molecule has 8 heteroatoms. The third kappa shape index (κ3) is 4.23. The maximum atomic E-state index is 5.72. The van der Waals surface area contributed by atoms with E-state index in [9.17, 15) is 0 Å². The molecule has 0 bridgehead atoms. The molecule has 2 aromatic carbocycles. The lowest BCUT2D eigenvalue weighted by Gasteiger charge is -2.10. The van der Waals surface area contributed by atoms with E-state index in [1.165, 1.54) is 11.8 Å². The van der Waals surface area contributed by atoms with E-state index in [4.69, 9.17) is 8.94 Å². The zero-order valence-corrected chi connectivity index (χ0v) is 16.1. The maximum absolute atomic E-state index is 5.72. The highest BCUT2D eigenvalue weighted by Gasteiger charge is 2.25. The van der Waals surface area contributed by atoms with Gasteiger partial charge in [0.15, 0.2) is 0 Å². The van der Waals surface area contributed by atoms with Gasteiger partial charge in [0.1, 0.15) is 5.25 Å². The molecule has 0 amide bonds.